The van der Waals surface area contributed by atoms with Crippen molar-refractivity contribution in [3.05, 3.63) is 45.6 Å². The first-order valence-corrected chi connectivity index (χ1v) is 11.3. The van der Waals surface area contributed by atoms with Crippen LogP contribution in [0.1, 0.15) is 31.9 Å². The van der Waals surface area contributed by atoms with E-state index in [1.165, 1.54) is 4.90 Å². The number of ether oxygens (including phenoxy) is 1. The van der Waals surface area contributed by atoms with E-state index >= 15 is 0 Å². The highest BCUT2D eigenvalue weighted by molar-refractivity contribution is 9.10. The van der Waals surface area contributed by atoms with E-state index in [2.05, 4.69) is 21.2 Å². The van der Waals surface area contributed by atoms with Gasteiger partial charge in [0, 0.05) is 10.2 Å². The molecule has 1 aromatic rings. The van der Waals surface area contributed by atoms with Gasteiger partial charge in [0.15, 0.2) is 9.84 Å². The third-order valence-electron chi connectivity index (χ3n) is 4.80. The van der Waals surface area contributed by atoms with Crippen LogP contribution in [0.15, 0.2) is 40.0 Å². The molecule has 1 saturated heterocycles. The second-order valence-electron chi connectivity index (χ2n) is 6.58. The molecule has 2 aliphatic rings. The number of hydrogen-bond acceptors (Lipinski definition) is 5. The number of benzene rings is 1. The molecule has 146 valence electrons. The summed E-state index contributed by atoms with van der Waals surface area (Å²) >= 11 is 3.37. The Labute approximate surface area is 166 Å². The van der Waals surface area contributed by atoms with Crippen LogP contribution >= 0.6 is 15.9 Å². The monoisotopic (exact) mass is 456 g/mol. The Morgan fingerprint density at radius 2 is 2.00 bits per heavy atom. The number of nitrogens with one attached hydrogen (secondary N) is 1. The van der Waals surface area contributed by atoms with Gasteiger partial charge >= 0.3 is 12.0 Å². The molecular weight excluding hydrogens is 436 g/mol. The van der Waals surface area contributed by atoms with Gasteiger partial charge in [-0.1, -0.05) is 28.1 Å². The molecule has 0 saturated carbocycles. The lowest BCUT2D eigenvalue weighted by Crippen LogP contribution is -2.52. The summed E-state index contributed by atoms with van der Waals surface area (Å²) in [6, 6.07) is 5.75. The van der Waals surface area contributed by atoms with Crippen molar-refractivity contribution in [3.63, 3.8) is 0 Å². The number of hydrogen-bond donors (Lipinski definition) is 1. The van der Waals surface area contributed by atoms with Crippen LogP contribution in [0.25, 0.3) is 0 Å². The molecule has 3 rings (SSSR count). The van der Waals surface area contributed by atoms with Crippen LogP contribution in [0.2, 0.25) is 0 Å². The Hall–Kier alpha value is -1.87. The van der Waals surface area contributed by atoms with Gasteiger partial charge in [0.05, 0.1) is 35.8 Å². The highest BCUT2D eigenvalue weighted by atomic mass is 79.9. The van der Waals surface area contributed by atoms with Crippen molar-refractivity contribution in [2.45, 2.75) is 32.4 Å². The van der Waals surface area contributed by atoms with Crippen LogP contribution in [-0.2, 0) is 19.4 Å². The minimum Gasteiger partial charge on any atom is -0.463 e. The maximum absolute atomic E-state index is 12.8. The maximum Gasteiger partial charge on any atom is 0.338 e. The number of carbonyl (C=O) groups excluding carboxylic acids is 2. The maximum atomic E-state index is 12.8. The van der Waals surface area contributed by atoms with E-state index in [1.54, 1.807) is 13.8 Å². The molecule has 27 heavy (non-hydrogen) atoms. The number of nitrogens with zero attached hydrogens (tertiary/aromatic N) is 1. The Morgan fingerprint density at radius 3 is 2.56 bits per heavy atom. The number of urea groups is 1. The van der Waals surface area contributed by atoms with Gasteiger partial charge in [0.2, 0.25) is 0 Å². The van der Waals surface area contributed by atoms with Gasteiger partial charge in [-0.3, -0.25) is 4.90 Å². The summed E-state index contributed by atoms with van der Waals surface area (Å²) in [6.07, 6.45) is 0.353. The molecule has 2 heterocycles. The number of halogens is 1. The lowest BCUT2D eigenvalue weighted by molar-refractivity contribution is -0.139. The summed E-state index contributed by atoms with van der Waals surface area (Å²) in [5.41, 5.74) is 1.50. The van der Waals surface area contributed by atoms with Gasteiger partial charge in [-0.05, 0) is 38.0 Å². The topological polar surface area (TPSA) is 92.8 Å². The second-order valence-corrected chi connectivity index (χ2v) is 9.72. The first-order valence-electron chi connectivity index (χ1n) is 8.67. The van der Waals surface area contributed by atoms with Gasteiger partial charge in [-0.15, -0.1) is 0 Å². The highest BCUT2D eigenvalue weighted by Gasteiger charge is 2.42. The van der Waals surface area contributed by atoms with Gasteiger partial charge in [0.1, 0.15) is 0 Å². The lowest BCUT2D eigenvalue weighted by atomic mass is 9.94. The van der Waals surface area contributed by atoms with Gasteiger partial charge in [-0.2, -0.15) is 0 Å². The van der Waals surface area contributed by atoms with E-state index in [9.17, 15) is 18.0 Å². The summed E-state index contributed by atoms with van der Waals surface area (Å²) in [4.78, 5) is 26.9. The molecule has 2 aliphatic heterocycles. The van der Waals surface area contributed by atoms with E-state index in [0.29, 0.717) is 17.7 Å². The number of amides is 2. The van der Waals surface area contributed by atoms with E-state index in [-0.39, 0.29) is 18.1 Å². The third-order valence-corrected chi connectivity index (χ3v) is 7.08. The average Bonchev–Trinajstić information content (AvgIpc) is 2.94. The molecule has 0 unspecified atom stereocenters. The minimum atomic E-state index is -3.18. The molecule has 0 spiro atoms. The molecule has 2 atom stereocenters. The van der Waals surface area contributed by atoms with Gasteiger partial charge < -0.3 is 10.1 Å². The zero-order chi connectivity index (χ0) is 19.8. The predicted molar refractivity (Wildman–Crippen MR) is 104 cm³/mol. The van der Waals surface area contributed by atoms with Crippen molar-refractivity contribution < 1.29 is 22.7 Å². The van der Waals surface area contributed by atoms with Crippen molar-refractivity contribution in [1.29, 1.82) is 0 Å². The SMILES string of the molecule is CCOC(=O)C1=C(C)N([C@@H]2CCS(=O)(=O)C2)C(=O)N[C@H]1c1ccc(Br)cc1. The normalized spacial score (nSPS) is 24.7. The molecular formula is C18H21BrN2O5S. The van der Waals surface area contributed by atoms with Crippen LogP contribution in [0.4, 0.5) is 4.79 Å². The number of carbonyl (C=O) groups is 2. The molecule has 1 N–H and O–H groups in total. The van der Waals surface area contributed by atoms with Crippen molar-refractivity contribution in [1.82, 2.24) is 10.2 Å². The number of rotatable bonds is 4. The summed E-state index contributed by atoms with van der Waals surface area (Å²) < 4.78 is 29.8. The molecule has 0 bridgehead atoms. The minimum absolute atomic E-state index is 0.0413. The fourth-order valence-electron chi connectivity index (χ4n) is 3.55. The summed E-state index contributed by atoms with van der Waals surface area (Å²) in [5, 5.41) is 2.84. The van der Waals surface area contributed by atoms with E-state index in [4.69, 9.17) is 4.74 Å². The Balaban J connectivity index is 2.05. The quantitative estimate of drug-likeness (QED) is 0.702. The van der Waals surface area contributed by atoms with Crippen LogP contribution in [0.5, 0.6) is 0 Å². The van der Waals surface area contributed by atoms with Gasteiger partial charge in [0.25, 0.3) is 0 Å². The smallest absolute Gasteiger partial charge is 0.338 e. The highest BCUT2D eigenvalue weighted by Crippen LogP contribution is 2.34. The third kappa shape index (κ3) is 4.03. The molecule has 2 amide bonds. The van der Waals surface area contributed by atoms with E-state index < -0.39 is 33.9 Å². The molecule has 1 aromatic carbocycles. The molecule has 0 aliphatic carbocycles. The predicted octanol–water partition coefficient (Wildman–Crippen LogP) is 2.54. The first kappa shape index (κ1) is 19.9. The van der Waals surface area contributed by atoms with Crippen molar-refractivity contribution >= 4 is 37.8 Å². The van der Waals surface area contributed by atoms with Crippen LogP contribution in [-0.4, -0.2) is 49.5 Å². The largest absolute Gasteiger partial charge is 0.463 e. The Bertz CT molecular complexity index is 895. The first-order chi connectivity index (χ1) is 12.7. The number of esters is 1. The zero-order valence-corrected chi connectivity index (χ0v) is 17.5. The Morgan fingerprint density at radius 1 is 1.33 bits per heavy atom. The fraction of sp³-hybridized carbons (Fsp3) is 0.444. The van der Waals surface area contributed by atoms with Crippen LogP contribution < -0.4 is 5.32 Å². The molecule has 0 aromatic heterocycles. The molecule has 9 heteroatoms. The summed E-state index contributed by atoms with van der Waals surface area (Å²) in [6.45, 7) is 3.58. The molecule has 0 radical (unpaired) electrons. The van der Waals surface area contributed by atoms with E-state index in [1.807, 2.05) is 24.3 Å². The zero-order valence-electron chi connectivity index (χ0n) is 15.1. The number of sulfone groups is 1. The van der Waals surface area contributed by atoms with Crippen molar-refractivity contribution in [2.75, 3.05) is 18.1 Å². The fourth-order valence-corrected chi connectivity index (χ4v) is 5.52. The molecule has 7 nitrogen and oxygen atoms in total. The van der Waals surface area contributed by atoms with Gasteiger partial charge in [-0.25, -0.2) is 18.0 Å². The van der Waals surface area contributed by atoms with Crippen LogP contribution in [0, 0.1) is 0 Å². The van der Waals surface area contributed by atoms with E-state index in [0.717, 1.165) is 10.0 Å². The number of allylic oxidation sites excluding steroid dienone is 1. The lowest BCUT2D eigenvalue weighted by Gasteiger charge is -2.38. The average molecular weight is 457 g/mol. The summed E-state index contributed by atoms with van der Waals surface area (Å²) in [5.74, 6) is -0.579. The standard InChI is InChI=1S/C18H21BrN2O5S/c1-3-26-17(22)15-11(2)21(14-8-9-27(24,25)10-14)18(23)20-16(15)12-4-6-13(19)7-5-12/h4-7,14,16H,3,8-10H2,1-2H3,(H,20,23)/t14-,16+/m1/s1. The van der Waals surface area contributed by atoms with Crippen LogP contribution in [0.3, 0.4) is 0 Å². The summed E-state index contributed by atoms with van der Waals surface area (Å²) in [7, 11) is -3.18. The second kappa shape index (κ2) is 7.63. The van der Waals surface area contributed by atoms with Crippen molar-refractivity contribution in [3.8, 4) is 0 Å². The Kier molecular flexibility index (Phi) is 5.62. The van der Waals surface area contributed by atoms with Crippen molar-refractivity contribution in [2.24, 2.45) is 0 Å². The molecule has 1 fully saturated rings.